The van der Waals surface area contributed by atoms with Crippen LogP contribution in [-0.4, -0.2) is 47.1 Å². The maximum atomic E-state index is 12.5. The number of anilines is 2. The SMILES string of the molecule is C=CCN(C[C@@H]1C[C@H](c2ccc(CO)cc2)O[C@H](c2ccc(CNC(=O)CCCC(=O)Nc3ccccc3N)cc2)O1)C1CCCC1. The Morgan fingerprint density at radius 1 is 0.915 bits per heavy atom. The van der Waals surface area contributed by atoms with Crippen molar-refractivity contribution in [1.82, 2.24) is 10.2 Å². The Morgan fingerprint density at radius 2 is 1.60 bits per heavy atom. The Morgan fingerprint density at radius 3 is 2.30 bits per heavy atom. The zero-order chi connectivity index (χ0) is 33.0. The first-order valence-electron chi connectivity index (χ1n) is 16.8. The first-order chi connectivity index (χ1) is 22.9. The normalized spacial score (nSPS) is 19.8. The number of carbonyl (C=O) groups is 2. The summed E-state index contributed by atoms with van der Waals surface area (Å²) in [6, 6.07) is 23.6. The van der Waals surface area contributed by atoms with Crippen molar-refractivity contribution >= 4 is 23.2 Å². The van der Waals surface area contributed by atoms with E-state index >= 15 is 0 Å². The second kappa shape index (κ2) is 17.2. The van der Waals surface area contributed by atoms with Gasteiger partial charge in [-0.15, -0.1) is 6.58 Å². The van der Waals surface area contributed by atoms with Gasteiger partial charge in [0.25, 0.3) is 0 Å². The van der Waals surface area contributed by atoms with Crippen LogP contribution in [0.15, 0.2) is 85.5 Å². The fourth-order valence-corrected chi connectivity index (χ4v) is 6.42. The third-order valence-corrected chi connectivity index (χ3v) is 9.04. The van der Waals surface area contributed by atoms with Gasteiger partial charge in [0.05, 0.1) is 30.2 Å². The van der Waals surface area contributed by atoms with Gasteiger partial charge < -0.3 is 30.9 Å². The van der Waals surface area contributed by atoms with E-state index in [1.807, 2.05) is 66.7 Å². The summed E-state index contributed by atoms with van der Waals surface area (Å²) in [5, 5.41) is 15.3. The molecule has 1 saturated carbocycles. The molecule has 3 atom stereocenters. The number of benzene rings is 3. The highest BCUT2D eigenvalue weighted by Gasteiger charge is 2.34. The highest BCUT2D eigenvalue weighted by atomic mass is 16.7. The number of ether oxygens (including phenoxy) is 2. The van der Waals surface area contributed by atoms with E-state index < -0.39 is 6.29 Å². The van der Waals surface area contributed by atoms with E-state index in [4.69, 9.17) is 15.2 Å². The van der Waals surface area contributed by atoms with Crippen molar-refractivity contribution in [3.8, 4) is 0 Å². The van der Waals surface area contributed by atoms with Gasteiger partial charge in [-0.2, -0.15) is 0 Å². The van der Waals surface area contributed by atoms with Crippen molar-refractivity contribution in [2.24, 2.45) is 0 Å². The van der Waals surface area contributed by atoms with Crippen LogP contribution in [0.5, 0.6) is 0 Å². The minimum atomic E-state index is -0.536. The van der Waals surface area contributed by atoms with E-state index in [0.29, 0.717) is 30.4 Å². The lowest BCUT2D eigenvalue weighted by Gasteiger charge is -2.39. The fourth-order valence-electron chi connectivity index (χ4n) is 6.42. The third kappa shape index (κ3) is 9.98. The van der Waals surface area contributed by atoms with Gasteiger partial charge in [0.1, 0.15) is 0 Å². The van der Waals surface area contributed by atoms with Gasteiger partial charge in [0, 0.05) is 50.5 Å². The number of aliphatic hydroxyl groups excluding tert-OH is 1. The molecule has 0 spiro atoms. The molecule has 5 rings (SSSR count). The lowest BCUT2D eigenvalue weighted by atomic mass is 9.99. The Balaban J connectivity index is 1.15. The number of rotatable bonds is 15. The van der Waals surface area contributed by atoms with Gasteiger partial charge in [0.2, 0.25) is 11.8 Å². The molecule has 3 aromatic carbocycles. The highest BCUT2D eigenvalue weighted by Crippen LogP contribution is 2.39. The number of amides is 2. The minimum Gasteiger partial charge on any atom is -0.397 e. The lowest BCUT2D eigenvalue weighted by Crippen LogP contribution is -2.43. The van der Waals surface area contributed by atoms with Crippen LogP contribution in [0.1, 0.15) is 86.0 Å². The van der Waals surface area contributed by atoms with Crippen molar-refractivity contribution in [3.05, 3.63) is 108 Å². The molecule has 0 unspecified atom stereocenters. The average molecular weight is 641 g/mol. The van der Waals surface area contributed by atoms with Crippen molar-refractivity contribution < 1.29 is 24.2 Å². The number of para-hydroxylation sites is 2. The van der Waals surface area contributed by atoms with Crippen molar-refractivity contribution in [2.75, 3.05) is 24.1 Å². The molecule has 1 heterocycles. The van der Waals surface area contributed by atoms with Gasteiger partial charge in [0.15, 0.2) is 6.29 Å². The average Bonchev–Trinajstić information content (AvgIpc) is 3.64. The first-order valence-corrected chi connectivity index (χ1v) is 16.8. The van der Waals surface area contributed by atoms with Crippen LogP contribution in [-0.2, 0) is 32.2 Å². The first kappa shape index (κ1) is 34.3. The van der Waals surface area contributed by atoms with Crippen LogP contribution in [0.2, 0.25) is 0 Å². The van der Waals surface area contributed by atoms with Gasteiger partial charge in [-0.3, -0.25) is 14.5 Å². The molecule has 250 valence electrons. The molecule has 2 amide bonds. The van der Waals surface area contributed by atoms with E-state index in [1.165, 1.54) is 25.7 Å². The fraction of sp³-hybridized carbons (Fsp3) is 0.421. The summed E-state index contributed by atoms with van der Waals surface area (Å²) in [5.74, 6) is -0.277. The summed E-state index contributed by atoms with van der Waals surface area (Å²) in [4.78, 5) is 27.2. The molecule has 0 radical (unpaired) electrons. The lowest BCUT2D eigenvalue weighted by molar-refractivity contribution is -0.253. The molecule has 9 heteroatoms. The number of carbonyl (C=O) groups excluding carboxylic acids is 2. The second-order valence-electron chi connectivity index (χ2n) is 12.5. The molecule has 47 heavy (non-hydrogen) atoms. The molecule has 5 N–H and O–H groups in total. The van der Waals surface area contributed by atoms with E-state index in [0.717, 1.165) is 41.8 Å². The molecule has 2 aliphatic rings. The van der Waals surface area contributed by atoms with Crippen LogP contribution < -0.4 is 16.4 Å². The summed E-state index contributed by atoms with van der Waals surface area (Å²) in [6.45, 7) is 6.05. The zero-order valence-electron chi connectivity index (χ0n) is 27.1. The maximum Gasteiger partial charge on any atom is 0.224 e. The van der Waals surface area contributed by atoms with Crippen LogP contribution >= 0.6 is 0 Å². The van der Waals surface area contributed by atoms with Crippen LogP contribution in [0.3, 0.4) is 0 Å². The van der Waals surface area contributed by atoms with E-state index in [9.17, 15) is 14.7 Å². The predicted molar refractivity (Wildman–Crippen MR) is 184 cm³/mol. The molecule has 3 aromatic rings. The largest absolute Gasteiger partial charge is 0.397 e. The smallest absolute Gasteiger partial charge is 0.224 e. The molecular formula is C38H48N4O5. The number of nitrogen functional groups attached to an aromatic ring is 1. The molecule has 1 aliphatic carbocycles. The van der Waals surface area contributed by atoms with Gasteiger partial charge in [-0.1, -0.05) is 79.6 Å². The summed E-state index contributed by atoms with van der Waals surface area (Å²) in [6.07, 6.45) is 7.90. The maximum absolute atomic E-state index is 12.5. The van der Waals surface area contributed by atoms with E-state index in [-0.39, 0.29) is 43.5 Å². The number of nitrogens with zero attached hydrogens (tertiary/aromatic N) is 1. The number of aliphatic hydroxyl groups is 1. The van der Waals surface area contributed by atoms with E-state index in [1.54, 1.807) is 12.1 Å². The summed E-state index contributed by atoms with van der Waals surface area (Å²) in [7, 11) is 0. The van der Waals surface area contributed by atoms with Crippen molar-refractivity contribution in [2.45, 2.75) is 89.1 Å². The zero-order valence-corrected chi connectivity index (χ0v) is 27.1. The molecule has 1 aliphatic heterocycles. The van der Waals surface area contributed by atoms with Gasteiger partial charge >= 0.3 is 0 Å². The Bertz CT molecular complexity index is 1460. The Kier molecular flexibility index (Phi) is 12.6. The van der Waals surface area contributed by atoms with Crippen LogP contribution in [0.4, 0.5) is 11.4 Å². The summed E-state index contributed by atoms with van der Waals surface area (Å²) < 4.78 is 13.1. The number of hydrogen-bond donors (Lipinski definition) is 4. The second-order valence-corrected chi connectivity index (χ2v) is 12.5. The van der Waals surface area contributed by atoms with Crippen LogP contribution in [0, 0.1) is 0 Å². The third-order valence-electron chi connectivity index (χ3n) is 9.04. The summed E-state index contributed by atoms with van der Waals surface area (Å²) >= 11 is 0. The Hall–Kier alpha value is -4.02. The standard InChI is InChI=1S/C38H48N4O5/c1-2-22-42(31-8-3-4-9-31)25-32-23-35(29-18-16-28(26-43)17-19-29)47-38(46-32)30-20-14-27(15-21-30)24-40-36(44)12-7-13-37(45)41-34-11-6-5-10-33(34)39/h2,5-6,10-11,14-21,31-32,35,38,43H,1,3-4,7-9,12-13,22-26,39H2,(H,40,44)(H,41,45)/t32-,35+,38+/m0/s1. The molecular weight excluding hydrogens is 592 g/mol. The highest BCUT2D eigenvalue weighted by molar-refractivity contribution is 5.93. The molecule has 0 bridgehead atoms. The monoisotopic (exact) mass is 640 g/mol. The van der Waals surface area contributed by atoms with Gasteiger partial charge in [-0.05, 0) is 48.1 Å². The molecule has 0 aromatic heterocycles. The minimum absolute atomic E-state index is 0.00666. The predicted octanol–water partition coefficient (Wildman–Crippen LogP) is 6.16. The molecule has 1 saturated heterocycles. The van der Waals surface area contributed by atoms with Gasteiger partial charge in [-0.25, -0.2) is 0 Å². The number of nitrogens with two attached hydrogens (primary N) is 1. The van der Waals surface area contributed by atoms with Crippen LogP contribution in [0.25, 0.3) is 0 Å². The Labute approximate surface area is 278 Å². The number of hydrogen-bond acceptors (Lipinski definition) is 7. The topological polar surface area (TPSA) is 126 Å². The molecule has 2 fully saturated rings. The number of nitrogens with one attached hydrogen (secondary N) is 2. The van der Waals surface area contributed by atoms with E-state index in [2.05, 4.69) is 22.1 Å². The van der Waals surface area contributed by atoms with Crippen molar-refractivity contribution in [3.63, 3.8) is 0 Å². The summed E-state index contributed by atoms with van der Waals surface area (Å²) in [5.41, 5.74) is 10.8. The molecule has 9 nitrogen and oxygen atoms in total. The quantitative estimate of drug-likeness (QED) is 0.116. The van der Waals surface area contributed by atoms with Crippen molar-refractivity contribution in [1.29, 1.82) is 0 Å².